The molecule has 0 aliphatic carbocycles. The molecule has 0 radical (unpaired) electrons. The van der Waals surface area contributed by atoms with Gasteiger partial charge in [0.25, 0.3) is 5.69 Å². The van der Waals surface area contributed by atoms with Gasteiger partial charge >= 0.3 is 0 Å². The van der Waals surface area contributed by atoms with Crippen molar-refractivity contribution >= 4 is 5.69 Å². The third-order valence-electron chi connectivity index (χ3n) is 3.24. The first-order valence-corrected chi connectivity index (χ1v) is 6.66. The number of hydrogen-bond donors (Lipinski definition) is 1. The standard InChI is InChI=1S/C14H22N2O4/c1-4-20-10-14(17)9-15(3)11(2)12-6-5-7-13(8-12)16(18)19/h5-8,11,14,17H,4,9-10H2,1-3H3/t11-,14+/m1/s1. The lowest BCUT2D eigenvalue weighted by molar-refractivity contribution is -0.384. The van der Waals surface area contributed by atoms with Crippen molar-refractivity contribution in [2.45, 2.75) is 26.0 Å². The summed E-state index contributed by atoms with van der Waals surface area (Å²) in [6.07, 6.45) is -0.568. The zero-order chi connectivity index (χ0) is 15.1. The second-order valence-corrected chi connectivity index (χ2v) is 4.78. The molecule has 0 aromatic heterocycles. The summed E-state index contributed by atoms with van der Waals surface area (Å²) in [5.74, 6) is 0. The summed E-state index contributed by atoms with van der Waals surface area (Å²) < 4.78 is 5.17. The lowest BCUT2D eigenvalue weighted by Crippen LogP contribution is -2.34. The number of nitrogens with zero attached hydrogens (tertiary/aromatic N) is 2. The predicted molar refractivity (Wildman–Crippen MR) is 76.6 cm³/mol. The molecular weight excluding hydrogens is 260 g/mol. The maximum absolute atomic E-state index is 10.8. The molecule has 1 N–H and O–H groups in total. The Morgan fingerprint density at radius 3 is 2.80 bits per heavy atom. The van der Waals surface area contributed by atoms with Crippen molar-refractivity contribution in [1.82, 2.24) is 4.90 Å². The largest absolute Gasteiger partial charge is 0.389 e. The first-order chi connectivity index (χ1) is 9.45. The van der Waals surface area contributed by atoms with Crippen LogP contribution in [0.2, 0.25) is 0 Å². The Bertz CT molecular complexity index is 439. The number of rotatable bonds is 8. The van der Waals surface area contributed by atoms with E-state index in [9.17, 15) is 15.2 Å². The molecule has 6 heteroatoms. The van der Waals surface area contributed by atoms with Gasteiger partial charge in [-0.1, -0.05) is 12.1 Å². The highest BCUT2D eigenvalue weighted by Gasteiger charge is 2.17. The van der Waals surface area contributed by atoms with Gasteiger partial charge < -0.3 is 9.84 Å². The van der Waals surface area contributed by atoms with Crippen LogP contribution >= 0.6 is 0 Å². The van der Waals surface area contributed by atoms with Crippen molar-refractivity contribution in [2.75, 3.05) is 26.8 Å². The molecule has 1 aromatic carbocycles. The van der Waals surface area contributed by atoms with Crippen LogP contribution in [0.5, 0.6) is 0 Å². The Kier molecular flexibility index (Phi) is 6.57. The summed E-state index contributed by atoms with van der Waals surface area (Å²) in [7, 11) is 1.87. The lowest BCUT2D eigenvalue weighted by Gasteiger charge is -2.27. The van der Waals surface area contributed by atoms with Crippen LogP contribution in [0.4, 0.5) is 5.69 Å². The van der Waals surface area contributed by atoms with Gasteiger partial charge in [-0.25, -0.2) is 0 Å². The summed E-state index contributed by atoms with van der Waals surface area (Å²) in [6, 6.07) is 6.54. The van der Waals surface area contributed by atoms with Crippen LogP contribution in [-0.4, -0.2) is 47.8 Å². The lowest BCUT2D eigenvalue weighted by atomic mass is 10.1. The number of ether oxygens (including phenoxy) is 1. The topological polar surface area (TPSA) is 75.8 Å². The number of hydrogen-bond acceptors (Lipinski definition) is 5. The van der Waals surface area contributed by atoms with Gasteiger partial charge in [-0.15, -0.1) is 0 Å². The molecule has 0 aliphatic heterocycles. The monoisotopic (exact) mass is 282 g/mol. The minimum Gasteiger partial charge on any atom is -0.389 e. The highest BCUT2D eigenvalue weighted by Crippen LogP contribution is 2.22. The van der Waals surface area contributed by atoms with E-state index in [-0.39, 0.29) is 11.7 Å². The van der Waals surface area contributed by atoms with E-state index in [2.05, 4.69) is 0 Å². The normalized spacial score (nSPS) is 14.2. The fourth-order valence-electron chi connectivity index (χ4n) is 1.95. The maximum atomic E-state index is 10.8. The van der Waals surface area contributed by atoms with Gasteiger partial charge in [0.05, 0.1) is 17.6 Å². The van der Waals surface area contributed by atoms with E-state index < -0.39 is 11.0 Å². The molecule has 6 nitrogen and oxygen atoms in total. The summed E-state index contributed by atoms with van der Waals surface area (Å²) in [5, 5.41) is 20.6. The van der Waals surface area contributed by atoms with Crippen LogP contribution in [0.25, 0.3) is 0 Å². The molecule has 0 aliphatic rings. The summed E-state index contributed by atoms with van der Waals surface area (Å²) in [5.41, 5.74) is 0.933. The fourth-order valence-corrected chi connectivity index (χ4v) is 1.95. The van der Waals surface area contributed by atoms with Crippen molar-refractivity contribution in [3.63, 3.8) is 0 Å². The Hall–Kier alpha value is -1.50. The number of benzene rings is 1. The molecule has 112 valence electrons. The van der Waals surface area contributed by atoms with Crippen LogP contribution in [0.15, 0.2) is 24.3 Å². The highest BCUT2D eigenvalue weighted by atomic mass is 16.6. The molecule has 1 aromatic rings. The quantitative estimate of drug-likeness (QED) is 0.583. The predicted octanol–water partition coefficient (Wildman–Crippen LogP) is 1.99. The Labute approximate surface area is 119 Å². The minimum atomic E-state index is -0.568. The van der Waals surface area contributed by atoms with Gasteiger partial charge in [0.15, 0.2) is 0 Å². The number of nitro benzene ring substituents is 1. The zero-order valence-corrected chi connectivity index (χ0v) is 12.2. The number of nitro groups is 1. The van der Waals surface area contributed by atoms with Crippen molar-refractivity contribution in [3.05, 3.63) is 39.9 Å². The number of likely N-dealkylation sites (N-methyl/N-ethyl adjacent to an activating group) is 1. The first kappa shape index (κ1) is 16.6. The summed E-state index contributed by atoms with van der Waals surface area (Å²) >= 11 is 0. The average Bonchev–Trinajstić information content (AvgIpc) is 2.44. The summed E-state index contributed by atoms with van der Waals surface area (Å²) in [6.45, 7) is 5.14. The molecule has 0 amide bonds. The number of aliphatic hydroxyl groups is 1. The van der Waals surface area contributed by atoms with Crippen LogP contribution in [0, 0.1) is 10.1 Å². The second kappa shape index (κ2) is 7.94. The van der Waals surface area contributed by atoms with Gasteiger partial charge in [-0.05, 0) is 26.5 Å². The van der Waals surface area contributed by atoms with E-state index in [1.165, 1.54) is 6.07 Å². The molecule has 0 spiro atoms. The molecule has 0 saturated carbocycles. The molecule has 0 heterocycles. The van der Waals surface area contributed by atoms with Gasteiger partial charge in [-0.2, -0.15) is 0 Å². The van der Waals surface area contributed by atoms with Gasteiger partial charge in [-0.3, -0.25) is 15.0 Å². The van der Waals surface area contributed by atoms with Crippen LogP contribution < -0.4 is 0 Å². The van der Waals surface area contributed by atoms with Crippen molar-refractivity contribution in [2.24, 2.45) is 0 Å². The van der Waals surface area contributed by atoms with E-state index in [0.29, 0.717) is 19.8 Å². The second-order valence-electron chi connectivity index (χ2n) is 4.78. The van der Waals surface area contributed by atoms with Crippen LogP contribution in [0.3, 0.4) is 0 Å². The van der Waals surface area contributed by atoms with E-state index in [4.69, 9.17) is 4.74 Å². The van der Waals surface area contributed by atoms with E-state index >= 15 is 0 Å². The smallest absolute Gasteiger partial charge is 0.269 e. The highest BCUT2D eigenvalue weighted by molar-refractivity contribution is 5.35. The molecule has 0 bridgehead atoms. The average molecular weight is 282 g/mol. The molecule has 0 saturated heterocycles. The Balaban J connectivity index is 2.66. The molecule has 0 fully saturated rings. The van der Waals surface area contributed by atoms with Crippen molar-refractivity contribution < 1.29 is 14.8 Å². The van der Waals surface area contributed by atoms with Crippen molar-refractivity contribution in [3.8, 4) is 0 Å². The van der Waals surface area contributed by atoms with Crippen LogP contribution in [0.1, 0.15) is 25.5 Å². The molecule has 2 atom stereocenters. The Morgan fingerprint density at radius 1 is 1.50 bits per heavy atom. The third-order valence-corrected chi connectivity index (χ3v) is 3.24. The number of non-ortho nitro benzene ring substituents is 1. The third kappa shape index (κ3) is 4.88. The zero-order valence-electron chi connectivity index (χ0n) is 12.2. The van der Waals surface area contributed by atoms with Gasteiger partial charge in [0.2, 0.25) is 0 Å². The SMILES string of the molecule is CCOC[C@@H](O)CN(C)[C@H](C)c1cccc([N+](=O)[O-])c1. The van der Waals surface area contributed by atoms with Crippen LogP contribution in [-0.2, 0) is 4.74 Å². The molecule has 1 rings (SSSR count). The molecule has 0 unspecified atom stereocenters. The maximum Gasteiger partial charge on any atom is 0.269 e. The first-order valence-electron chi connectivity index (χ1n) is 6.66. The molecule has 20 heavy (non-hydrogen) atoms. The fraction of sp³-hybridized carbons (Fsp3) is 0.571. The Morgan fingerprint density at radius 2 is 2.20 bits per heavy atom. The number of aliphatic hydroxyl groups excluding tert-OH is 1. The van der Waals surface area contributed by atoms with E-state index in [1.807, 2.05) is 31.9 Å². The van der Waals surface area contributed by atoms with Gasteiger partial charge in [0, 0.05) is 31.3 Å². The molecular formula is C14H22N2O4. The van der Waals surface area contributed by atoms with E-state index in [0.717, 1.165) is 5.56 Å². The van der Waals surface area contributed by atoms with Gasteiger partial charge in [0.1, 0.15) is 0 Å². The van der Waals surface area contributed by atoms with Crippen molar-refractivity contribution in [1.29, 1.82) is 0 Å². The summed E-state index contributed by atoms with van der Waals surface area (Å²) in [4.78, 5) is 12.3. The van der Waals surface area contributed by atoms with E-state index in [1.54, 1.807) is 12.1 Å². The minimum absolute atomic E-state index is 0.0221.